The summed E-state index contributed by atoms with van der Waals surface area (Å²) < 4.78 is 0. The number of rotatable bonds is 2. The lowest BCUT2D eigenvalue weighted by Crippen LogP contribution is -1.94. The molecule has 0 unspecified atom stereocenters. The number of aryl methyl sites for hydroxylation is 1. The summed E-state index contributed by atoms with van der Waals surface area (Å²) in [6, 6.07) is 9.59. The molecule has 0 saturated carbocycles. The predicted molar refractivity (Wildman–Crippen MR) is 59.2 cm³/mol. The highest BCUT2D eigenvalue weighted by Crippen LogP contribution is 2.27. The third-order valence-electron chi connectivity index (χ3n) is 2.03. The quantitative estimate of drug-likeness (QED) is 0.844. The Kier molecular flexibility index (Phi) is 2.51. The van der Waals surface area contributed by atoms with Crippen molar-refractivity contribution >= 4 is 17.3 Å². The van der Waals surface area contributed by atoms with Crippen LogP contribution in [0.4, 0.5) is 0 Å². The van der Waals surface area contributed by atoms with Crippen LogP contribution in [-0.4, -0.2) is 16.1 Å². The summed E-state index contributed by atoms with van der Waals surface area (Å²) in [5, 5.41) is 8.96. The summed E-state index contributed by atoms with van der Waals surface area (Å²) in [7, 11) is 0. The van der Waals surface area contributed by atoms with Gasteiger partial charge >= 0.3 is 5.97 Å². The van der Waals surface area contributed by atoms with Crippen LogP contribution in [0.1, 0.15) is 14.7 Å². The smallest absolute Gasteiger partial charge is 0.365 e. The number of nitrogens with zero attached hydrogens (tertiary/aromatic N) is 1. The minimum absolute atomic E-state index is 0.145. The third-order valence-corrected chi connectivity index (χ3v) is 2.99. The molecule has 2 rings (SSSR count). The Morgan fingerprint density at radius 2 is 2.00 bits per heavy atom. The van der Waals surface area contributed by atoms with Crippen molar-refractivity contribution in [3.05, 3.63) is 40.2 Å². The Labute approximate surface area is 91.0 Å². The maximum absolute atomic E-state index is 10.7. The van der Waals surface area contributed by atoms with Gasteiger partial charge in [-0.15, -0.1) is 11.3 Å². The molecule has 4 heteroatoms. The van der Waals surface area contributed by atoms with Crippen LogP contribution >= 0.6 is 11.3 Å². The van der Waals surface area contributed by atoms with E-state index in [0.29, 0.717) is 0 Å². The van der Waals surface area contributed by atoms with Crippen LogP contribution in [0, 0.1) is 6.92 Å². The molecule has 1 N–H and O–H groups in total. The minimum Gasteiger partial charge on any atom is -0.476 e. The van der Waals surface area contributed by atoms with Crippen molar-refractivity contribution in [1.82, 2.24) is 4.98 Å². The van der Waals surface area contributed by atoms with Gasteiger partial charge in [-0.05, 0) is 6.92 Å². The average Bonchev–Trinajstić information content (AvgIpc) is 2.62. The maximum atomic E-state index is 10.7. The zero-order valence-corrected chi connectivity index (χ0v) is 8.91. The molecule has 0 aliphatic heterocycles. The van der Waals surface area contributed by atoms with Crippen LogP contribution in [0.25, 0.3) is 11.3 Å². The molecule has 0 aliphatic rings. The molecule has 0 spiro atoms. The molecule has 76 valence electrons. The third kappa shape index (κ3) is 1.89. The summed E-state index contributed by atoms with van der Waals surface area (Å²) in [6.07, 6.45) is 0. The van der Waals surface area contributed by atoms with Gasteiger partial charge in [0, 0.05) is 10.4 Å². The van der Waals surface area contributed by atoms with Gasteiger partial charge in [0.05, 0.1) is 5.69 Å². The zero-order chi connectivity index (χ0) is 10.8. The lowest BCUT2D eigenvalue weighted by atomic mass is 10.1. The maximum Gasteiger partial charge on any atom is 0.365 e. The van der Waals surface area contributed by atoms with Crippen molar-refractivity contribution in [3.8, 4) is 11.3 Å². The lowest BCUT2D eigenvalue weighted by Gasteiger charge is -1.96. The second kappa shape index (κ2) is 3.82. The highest BCUT2D eigenvalue weighted by molar-refractivity contribution is 7.13. The highest BCUT2D eigenvalue weighted by Gasteiger charge is 2.13. The molecule has 0 fully saturated rings. The van der Waals surface area contributed by atoms with Crippen molar-refractivity contribution in [2.75, 3.05) is 0 Å². The second-order valence-corrected chi connectivity index (χ2v) is 4.30. The molecule has 0 saturated heterocycles. The minimum atomic E-state index is -0.967. The number of hydrogen-bond donors (Lipinski definition) is 1. The van der Waals surface area contributed by atoms with E-state index in [-0.39, 0.29) is 5.01 Å². The van der Waals surface area contributed by atoms with Gasteiger partial charge in [-0.25, -0.2) is 9.78 Å². The van der Waals surface area contributed by atoms with E-state index in [1.807, 2.05) is 37.3 Å². The van der Waals surface area contributed by atoms with E-state index in [2.05, 4.69) is 4.98 Å². The summed E-state index contributed by atoms with van der Waals surface area (Å²) >= 11 is 1.21. The molecule has 0 radical (unpaired) electrons. The summed E-state index contributed by atoms with van der Waals surface area (Å²) in [5.41, 5.74) is 1.72. The molecule has 2 aromatic rings. The van der Waals surface area contributed by atoms with Crippen LogP contribution in [0.3, 0.4) is 0 Å². The normalized spacial score (nSPS) is 10.2. The number of thiazole rings is 1. The highest BCUT2D eigenvalue weighted by atomic mass is 32.1. The Morgan fingerprint density at radius 3 is 2.53 bits per heavy atom. The van der Waals surface area contributed by atoms with Gasteiger partial charge in [-0.2, -0.15) is 0 Å². The van der Waals surface area contributed by atoms with Crippen molar-refractivity contribution in [2.24, 2.45) is 0 Å². The van der Waals surface area contributed by atoms with Crippen molar-refractivity contribution < 1.29 is 9.90 Å². The van der Waals surface area contributed by atoms with Crippen LogP contribution in [0.2, 0.25) is 0 Å². The van der Waals surface area contributed by atoms with E-state index in [1.54, 1.807) is 0 Å². The number of aromatic carboxylic acids is 1. The Morgan fingerprint density at radius 1 is 1.33 bits per heavy atom. The molecule has 0 amide bonds. The Balaban J connectivity index is 2.50. The van der Waals surface area contributed by atoms with Gasteiger partial charge in [0.25, 0.3) is 0 Å². The second-order valence-electron chi connectivity index (χ2n) is 3.09. The molecule has 0 aliphatic carbocycles. The molecule has 0 atom stereocenters. The number of carboxylic acids is 1. The predicted octanol–water partition coefficient (Wildman–Crippen LogP) is 2.82. The van der Waals surface area contributed by atoms with E-state index in [0.717, 1.165) is 16.1 Å². The first-order valence-corrected chi connectivity index (χ1v) is 5.26. The van der Waals surface area contributed by atoms with Crippen LogP contribution in [0.5, 0.6) is 0 Å². The summed E-state index contributed by atoms with van der Waals surface area (Å²) in [6.45, 7) is 1.88. The van der Waals surface area contributed by atoms with Gasteiger partial charge in [-0.1, -0.05) is 30.3 Å². The Bertz CT molecular complexity index is 491. The van der Waals surface area contributed by atoms with Gasteiger partial charge in [-0.3, -0.25) is 0 Å². The first kappa shape index (κ1) is 9.86. The van der Waals surface area contributed by atoms with E-state index < -0.39 is 5.97 Å². The molecular formula is C11H9NO2S. The Hall–Kier alpha value is -1.68. The summed E-state index contributed by atoms with van der Waals surface area (Å²) in [5.74, 6) is -0.967. The molecule has 0 bridgehead atoms. The lowest BCUT2D eigenvalue weighted by molar-refractivity contribution is 0.0696. The number of carbonyl (C=O) groups is 1. The van der Waals surface area contributed by atoms with Crippen LogP contribution in [-0.2, 0) is 0 Å². The standard InChI is InChI=1S/C11H9NO2S/c1-7-9(8-5-3-2-4-6-8)12-10(15-7)11(13)14/h2-6H,1H3,(H,13,14). The average molecular weight is 219 g/mol. The van der Waals surface area contributed by atoms with E-state index in [9.17, 15) is 4.79 Å². The largest absolute Gasteiger partial charge is 0.476 e. The van der Waals surface area contributed by atoms with E-state index >= 15 is 0 Å². The van der Waals surface area contributed by atoms with Crippen molar-refractivity contribution in [3.63, 3.8) is 0 Å². The van der Waals surface area contributed by atoms with Crippen molar-refractivity contribution in [1.29, 1.82) is 0 Å². The van der Waals surface area contributed by atoms with Gasteiger partial charge in [0.2, 0.25) is 5.01 Å². The molecule has 1 heterocycles. The molecule has 3 nitrogen and oxygen atoms in total. The molecule has 1 aromatic heterocycles. The topological polar surface area (TPSA) is 50.2 Å². The molecule has 1 aromatic carbocycles. The number of carboxylic acid groups (broad SMARTS) is 1. The first-order chi connectivity index (χ1) is 7.18. The van der Waals surface area contributed by atoms with E-state index in [1.165, 1.54) is 11.3 Å². The van der Waals surface area contributed by atoms with Gasteiger partial charge in [0.15, 0.2) is 0 Å². The monoisotopic (exact) mass is 219 g/mol. The number of aromatic nitrogens is 1. The number of benzene rings is 1. The van der Waals surface area contributed by atoms with Gasteiger partial charge in [0.1, 0.15) is 0 Å². The first-order valence-electron chi connectivity index (χ1n) is 4.44. The molecular weight excluding hydrogens is 210 g/mol. The fourth-order valence-electron chi connectivity index (χ4n) is 1.35. The molecule has 15 heavy (non-hydrogen) atoms. The number of hydrogen-bond acceptors (Lipinski definition) is 3. The van der Waals surface area contributed by atoms with E-state index in [4.69, 9.17) is 5.11 Å². The summed E-state index contributed by atoms with van der Waals surface area (Å²) in [4.78, 5) is 15.8. The van der Waals surface area contributed by atoms with Crippen molar-refractivity contribution in [2.45, 2.75) is 6.92 Å². The zero-order valence-electron chi connectivity index (χ0n) is 8.10. The fourth-order valence-corrected chi connectivity index (χ4v) is 2.13. The van der Waals surface area contributed by atoms with Gasteiger partial charge < -0.3 is 5.11 Å². The SMILES string of the molecule is Cc1sc(C(=O)O)nc1-c1ccccc1. The fraction of sp³-hybridized carbons (Fsp3) is 0.0909. The van der Waals surface area contributed by atoms with Crippen LogP contribution < -0.4 is 0 Å². The van der Waals surface area contributed by atoms with Crippen LogP contribution in [0.15, 0.2) is 30.3 Å².